The minimum atomic E-state index is 0.395. The zero-order valence-corrected chi connectivity index (χ0v) is 5.94. The van der Waals surface area contributed by atoms with Crippen LogP contribution < -0.4 is 5.73 Å². The average Bonchev–Trinajstić information content (AvgIpc) is 2.31. The molecule has 0 bridgehead atoms. The third-order valence-electron chi connectivity index (χ3n) is 1.37. The largest absolute Gasteiger partial charge is 0.382 e. The Morgan fingerprint density at radius 2 is 2.36 bits per heavy atom. The Morgan fingerprint density at radius 1 is 1.55 bits per heavy atom. The lowest BCUT2D eigenvalue weighted by Crippen LogP contribution is -1.92. The van der Waals surface area contributed by atoms with Gasteiger partial charge in [-0.2, -0.15) is 5.10 Å². The van der Waals surface area contributed by atoms with Crippen molar-refractivity contribution in [2.75, 3.05) is 5.73 Å². The third kappa shape index (κ3) is 0.813. The molecule has 2 N–H and O–H groups in total. The number of hydrogen-bond acceptors (Lipinski definition) is 4. The monoisotopic (exact) mass is 148 g/mol. The smallest absolute Gasteiger partial charge is 0.155 e. The molecule has 2 heterocycles. The minimum Gasteiger partial charge on any atom is -0.382 e. The summed E-state index contributed by atoms with van der Waals surface area (Å²) in [5.74, 6) is 0.395. The Morgan fingerprint density at radius 3 is 3.09 bits per heavy atom. The van der Waals surface area contributed by atoms with Gasteiger partial charge in [-0.25, -0.2) is 9.97 Å². The Hall–Kier alpha value is -1.65. The number of hydrogen-bond donors (Lipinski definition) is 1. The molecule has 0 amide bonds. The molecule has 11 heavy (non-hydrogen) atoms. The molecular weight excluding hydrogens is 142 g/mol. The predicted molar refractivity (Wildman–Crippen MR) is 39.6 cm³/mol. The van der Waals surface area contributed by atoms with E-state index < -0.39 is 0 Å². The van der Waals surface area contributed by atoms with Crippen molar-refractivity contribution in [3.05, 3.63) is 12.5 Å². The summed E-state index contributed by atoms with van der Waals surface area (Å²) in [5, 5.41) is 4.02. The van der Waals surface area contributed by atoms with Gasteiger partial charge in [0.25, 0.3) is 0 Å². The lowest BCUT2D eigenvalue weighted by Gasteiger charge is -1.88. The molecule has 0 unspecified atom stereocenters. The molecule has 5 heteroatoms. The number of aryl methyl sites for hydroxylation is 1. The maximum Gasteiger partial charge on any atom is 0.155 e. The van der Waals surface area contributed by atoms with Gasteiger partial charge in [-0.3, -0.25) is 4.68 Å². The lowest BCUT2D eigenvalue weighted by molar-refractivity contribution is 0.773. The Bertz CT molecular complexity index is 391. The van der Waals surface area contributed by atoms with E-state index in [1.807, 2.05) is 0 Å². The van der Waals surface area contributed by atoms with Gasteiger partial charge in [-0.05, 0) is 0 Å². The number of fused-ring (bicyclic) bond motifs is 1. The van der Waals surface area contributed by atoms with Gasteiger partial charge < -0.3 is 5.73 Å². The van der Waals surface area contributed by atoms with Gasteiger partial charge in [0.1, 0.15) is 18.0 Å². The van der Waals surface area contributed by atoms with E-state index in [1.54, 1.807) is 7.05 Å². The van der Waals surface area contributed by atoms with E-state index in [-0.39, 0.29) is 0 Å². The number of nitrogens with zero attached hydrogens (tertiary/aromatic N) is 4. The molecule has 2 rings (SSSR count). The second-order valence-electron chi connectivity index (χ2n) is 2.19. The van der Waals surface area contributed by atoms with Crippen LogP contribution in [0.3, 0.4) is 0 Å². The fourth-order valence-corrected chi connectivity index (χ4v) is 0.901. The first-order valence-electron chi connectivity index (χ1n) is 3.10. The van der Waals surface area contributed by atoms with Crippen molar-refractivity contribution in [3.63, 3.8) is 0 Å². The highest BCUT2D eigenvalue weighted by Crippen LogP contribution is 2.11. The third-order valence-corrected chi connectivity index (χ3v) is 1.37. The molecule has 55 valence electrons. The SMILES string of the molecule is Cn1[c]c2ncnc(N)c2n1. The van der Waals surface area contributed by atoms with Gasteiger partial charge in [-0.1, -0.05) is 0 Å². The zero-order valence-electron chi connectivity index (χ0n) is 5.94. The lowest BCUT2D eigenvalue weighted by atomic mass is 10.4. The summed E-state index contributed by atoms with van der Waals surface area (Å²) in [7, 11) is 1.76. The van der Waals surface area contributed by atoms with Gasteiger partial charge in [0.2, 0.25) is 0 Å². The fourth-order valence-electron chi connectivity index (χ4n) is 0.901. The first-order chi connectivity index (χ1) is 5.27. The topological polar surface area (TPSA) is 69.6 Å². The molecule has 5 nitrogen and oxygen atoms in total. The summed E-state index contributed by atoms with van der Waals surface area (Å²) >= 11 is 0. The summed E-state index contributed by atoms with van der Waals surface area (Å²) in [6, 6.07) is 0. The predicted octanol–water partition coefficient (Wildman–Crippen LogP) is -0.254. The van der Waals surface area contributed by atoms with Crippen molar-refractivity contribution in [1.29, 1.82) is 0 Å². The van der Waals surface area contributed by atoms with Gasteiger partial charge in [0.05, 0.1) is 0 Å². The van der Waals surface area contributed by atoms with Crippen LogP contribution in [0.25, 0.3) is 11.0 Å². The van der Waals surface area contributed by atoms with E-state index in [2.05, 4.69) is 21.3 Å². The van der Waals surface area contributed by atoms with Crippen molar-refractivity contribution in [3.8, 4) is 0 Å². The second-order valence-corrected chi connectivity index (χ2v) is 2.19. The summed E-state index contributed by atoms with van der Waals surface area (Å²) in [6.45, 7) is 0. The molecule has 0 saturated heterocycles. The van der Waals surface area contributed by atoms with Crippen molar-refractivity contribution < 1.29 is 0 Å². The minimum absolute atomic E-state index is 0.395. The molecule has 0 aliphatic carbocycles. The maximum atomic E-state index is 5.52. The highest BCUT2D eigenvalue weighted by Gasteiger charge is 2.03. The number of rotatable bonds is 0. The van der Waals surface area contributed by atoms with Crippen LogP contribution in [0.15, 0.2) is 6.33 Å². The number of nitrogen functional groups attached to an aromatic ring is 1. The molecule has 0 spiro atoms. The zero-order chi connectivity index (χ0) is 7.84. The first kappa shape index (κ1) is 6.09. The maximum absolute atomic E-state index is 5.52. The van der Waals surface area contributed by atoms with Gasteiger partial charge >= 0.3 is 0 Å². The molecule has 1 radical (unpaired) electrons. The van der Waals surface area contributed by atoms with Crippen LogP contribution >= 0.6 is 0 Å². The van der Waals surface area contributed by atoms with E-state index in [9.17, 15) is 0 Å². The molecule has 0 aliphatic rings. The van der Waals surface area contributed by atoms with Gasteiger partial charge in [0, 0.05) is 7.05 Å². The van der Waals surface area contributed by atoms with E-state index in [1.165, 1.54) is 11.0 Å². The second kappa shape index (κ2) is 1.91. The Labute approximate surface area is 62.9 Å². The highest BCUT2D eigenvalue weighted by atomic mass is 15.3. The summed E-state index contributed by atoms with van der Waals surface area (Å²) in [5.41, 5.74) is 6.78. The van der Waals surface area contributed by atoms with Crippen LogP contribution in [0.5, 0.6) is 0 Å². The fraction of sp³-hybridized carbons (Fsp3) is 0.167. The number of nitrogens with two attached hydrogens (primary N) is 1. The van der Waals surface area contributed by atoms with Crippen LogP contribution in [0.4, 0.5) is 5.82 Å². The molecule has 2 aromatic heterocycles. The van der Waals surface area contributed by atoms with Crippen molar-refractivity contribution in [2.45, 2.75) is 0 Å². The van der Waals surface area contributed by atoms with Crippen LogP contribution in [0, 0.1) is 6.20 Å². The Kier molecular flexibility index (Phi) is 1.06. The van der Waals surface area contributed by atoms with E-state index in [0.717, 1.165) is 0 Å². The first-order valence-corrected chi connectivity index (χ1v) is 3.10. The quantitative estimate of drug-likeness (QED) is 0.559. The van der Waals surface area contributed by atoms with Crippen molar-refractivity contribution in [1.82, 2.24) is 19.7 Å². The van der Waals surface area contributed by atoms with Gasteiger partial charge in [-0.15, -0.1) is 0 Å². The van der Waals surface area contributed by atoms with Crippen LogP contribution in [-0.4, -0.2) is 19.7 Å². The normalized spacial score (nSPS) is 10.6. The molecule has 2 aromatic rings. The average molecular weight is 148 g/mol. The van der Waals surface area contributed by atoms with E-state index in [0.29, 0.717) is 16.9 Å². The highest BCUT2D eigenvalue weighted by molar-refractivity contribution is 5.82. The van der Waals surface area contributed by atoms with Crippen molar-refractivity contribution in [2.24, 2.45) is 7.05 Å². The summed E-state index contributed by atoms with van der Waals surface area (Å²) in [6.07, 6.45) is 4.27. The van der Waals surface area contributed by atoms with E-state index >= 15 is 0 Å². The Balaban J connectivity index is 2.90. The molecule has 0 aliphatic heterocycles. The van der Waals surface area contributed by atoms with Gasteiger partial charge in [0.15, 0.2) is 11.3 Å². The number of aromatic nitrogens is 4. The van der Waals surface area contributed by atoms with Crippen LogP contribution in [0.1, 0.15) is 0 Å². The molecular formula is C6H6N5. The van der Waals surface area contributed by atoms with E-state index in [4.69, 9.17) is 5.73 Å². The summed E-state index contributed by atoms with van der Waals surface area (Å²) < 4.78 is 1.54. The van der Waals surface area contributed by atoms with Crippen molar-refractivity contribution >= 4 is 16.9 Å². The molecule has 0 atom stereocenters. The molecule has 0 aromatic carbocycles. The standard InChI is InChI=1S/C6H6N5/c1-11-2-4-5(10-11)6(7)9-3-8-4/h3H,1H3,(H2,7,8,9). The van der Waals surface area contributed by atoms with Crippen LogP contribution in [0.2, 0.25) is 0 Å². The molecule has 0 saturated carbocycles. The number of anilines is 1. The summed E-state index contributed by atoms with van der Waals surface area (Å²) in [4.78, 5) is 7.72. The molecule has 0 fully saturated rings. The van der Waals surface area contributed by atoms with Crippen LogP contribution in [-0.2, 0) is 7.05 Å².